The fourth-order valence-corrected chi connectivity index (χ4v) is 3.62. The van der Waals surface area contributed by atoms with Crippen LogP contribution in [0.4, 0.5) is 18.9 Å². The number of nitrogens with zero attached hydrogens (tertiary/aromatic N) is 1. The van der Waals surface area contributed by atoms with Crippen LogP contribution in [0.2, 0.25) is 0 Å². The number of rotatable bonds is 5. The fourth-order valence-electron chi connectivity index (χ4n) is 3.62. The molecule has 1 aliphatic carbocycles. The van der Waals surface area contributed by atoms with E-state index in [1.165, 1.54) is 19.2 Å². The highest BCUT2D eigenvalue weighted by Gasteiger charge is 2.34. The lowest BCUT2D eigenvalue weighted by atomic mass is 9.90. The molecule has 174 valence electrons. The quantitative estimate of drug-likeness (QED) is 0.628. The van der Waals surface area contributed by atoms with Crippen molar-refractivity contribution in [1.29, 1.82) is 5.26 Å². The minimum atomic E-state index is -4.58. The number of hydrogen-bond acceptors (Lipinski definition) is 4. The maximum atomic E-state index is 13.1. The normalized spacial score (nSPS) is 17.7. The molecule has 0 spiro atoms. The minimum absolute atomic E-state index is 0. The number of benzene rings is 2. The molecular weight excluding hydrogens is 459 g/mol. The zero-order chi connectivity index (χ0) is 21.7. The van der Waals surface area contributed by atoms with Crippen LogP contribution in [0, 0.1) is 11.3 Å². The van der Waals surface area contributed by atoms with E-state index in [1.54, 1.807) is 30.3 Å². The molecule has 0 atom stereocenters. The average Bonchev–Trinajstić information content (AvgIpc) is 2.74. The van der Waals surface area contributed by atoms with E-state index < -0.39 is 17.3 Å². The number of methoxy groups -OCH3 is 1. The lowest BCUT2D eigenvalue weighted by Crippen LogP contribution is -2.40. The first-order valence-corrected chi connectivity index (χ1v) is 9.63. The molecule has 0 aromatic heterocycles. The van der Waals surface area contributed by atoms with Gasteiger partial charge in [-0.05, 0) is 62.1 Å². The van der Waals surface area contributed by atoms with E-state index in [9.17, 15) is 18.0 Å². The summed E-state index contributed by atoms with van der Waals surface area (Å²) in [6.45, 7) is 0. The van der Waals surface area contributed by atoms with E-state index in [0.717, 1.165) is 18.9 Å². The van der Waals surface area contributed by atoms with Gasteiger partial charge >= 0.3 is 6.18 Å². The van der Waals surface area contributed by atoms with Crippen LogP contribution in [0.3, 0.4) is 0 Å². The average molecular weight is 486 g/mol. The van der Waals surface area contributed by atoms with Gasteiger partial charge in [-0.1, -0.05) is 6.07 Å². The van der Waals surface area contributed by atoms with Crippen LogP contribution < -0.4 is 15.4 Å². The maximum Gasteiger partial charge on any atom is 0.417 e. The summed E-state index contributed by atoms with van der Waals surface area (Å²) in [5, 5.41) is 15.0. The largest absolute Gasteiger partial charge is 0.497 e. The van der Waals surface area contributed by atoms with Crippen LogP contribution >= 0.6 is 27.0 Å². The van der Waals surface area contributed by atoms with Crippen molar-refractivity contribution in [2.45, 2.75) is 43.9 Å². The zero-order valence-electron chi connectivity index (χ0n) is 17.4. The van der Waals surface area contributed by atoms with Crippen molar-refractivity contribution in [3.05, 3.63) is 59.2 Å². The first kappa shape index (κ1) is 27.5. The van der Waals surface area contributed by atoms with Gasteiger partial charge in [0.15, 0.2) is 0 Å². The number of hydrogen-bond donors (Lipinski definition) is 2. The van der Waals surface area contributed by atoms with Gasteiger partial charge < -0.3 is 15.4 Å². The number of amides is 1. The summed E-state index contributed by atoms with van der Waals surface area (Å²) in [4.78, 5) is 12.4. The van der Waals surface area contributed by atoms with E-state index in [4.69, 9.17) is 10.00 Å². The molecule has 32 heavy (non-hydrogen) atoms. The van der Waals surface area contributed by atoms with Crippen LogP contribution in [0.1, 0.15) is 47.2 Å². The number of halogens is 3. The van der Waals surface area contributed by atoms with Gasteiger partial charge in [-0.2, -0.15) is 45.4 Å². The highest BCUT2D eigenvalue weighted by Crippen LogP contribution is 2.34. The zero-order valence-corrected chi connectivity index (χ0v) is 19.4. The summed E-state index contributed by atoms with van der Waals surface area (Å²) in [6.07, 6.45) is -1.72. The Morgan fingerprint density at radius 1 is 1.06 bits per heavy atom. The molecule has 1 saturated carbocycles. The van der Waals surface area contributed by atoms with Crippen molar-refractivity contribution in [2.75, 3.05) is 12.4 Å². The molecule has 0 aliphatic heterocycles. The molecule has 2 aromatic rings. The third-order valence-corrected chi connectivity index (χ3v) is 5.21. The Hall–Kier alpha value is -2.51. The summed E-state index contributed by atoms with van der Waals surface area (Å²) in [5.74, 6) is 0.434. The molecule has 0 heterocycles. The molecule has 3 rings (SSSR count). The number of nitriles is 1. The van der Waals surface area contributed by atoms with Crippen LogP contribution in [-0.2, 0) is 6.18 Å². The van der Waals surface area contributed by atoms with Gasteiger partial charge in [0.25, 0.3) is 5.91 Å². The molecule has 10 heteroatoms. The Kier molecular flexibility index (Phi) is 10.3. The Morgan fingerprint density at radius 3 is 2.31 bits per heavy atom. The summed E-state index contributed by atoms with van der Waals surface area (Å²) >= 11 is 0. The summed E-state index contributed by atoms with van der Waals surface area (Å²) < 4.78 is 44.5. The number of ether oxygens (including phenoxy) is 1. The third-order valence-electron chi connectivity index (χ3n) is 5.21. The number of anilines is 1. The molecule has 2 aromatic carbocycles. The Morgan fingerprint density at radius 2 is 1.72 bits per heavy atom. The van der Waals surface area contributed by atoms with Gasteiger partial charge in [-0.3, -0.25) is 4.79 Å². The Labute approximate surface area is 199 Å². The molecule has 0 unspecified atom stereocenters. The molecule has 0 radical (unpaired) electrons. The molecule has 5 nitrogen and oxygen atoms in total. The monoisotopic (exact) mass is 485 g/mol. The third kappa shape index (κ3) is 7.00. The smallest absolute Gasteiger partial charge is 0.417 e. The highest BCUT2D eigenvalue weighted by molar-refractivity contribution is 7.59. The first-order valence-electron chi connectivity index (χ1n) is 9.63. The first-order chi connectivity index (χ1) is 14.3. The van der Waals surface area contributed by atoms with E-state index in [0.29, 0.717) is 29.8 Å². The van der Waals surface area contributed by atoms with Crippen molar-refractivity contribution >= 4 is 38.6 Å². The molecule has 0 saturated heterocycles. The lowest BCUT2D eigenvalue weighted by molar-refractivity contribution is -0.137. The van der Waals surface area contributed by atoms with Crippen molar-refractivity contribution in [2.24, 2.45) is 0 Å². The summed E-state index contributed by atoms with van der Waals surface area (Å²) in [7, 11) is 1.54. The molecule has 1 fully saturated rings. The highest BCUT2D eigenvalue weighted by atomic mass is 32.1. The topological polar surface area (TPSA) is 74.2 Å². The van der Waals surface area contributed by atoms with Gasteiger partial charge in [-0.15, -0.1) is 0 Å². The van der Waals surface area contributed by atoms with Crippen LogP contribution in [0.15, 0.2) is 42.5 Å². The van der Waals surface area contributed by atoms with Crippen molar-refractivity contribution in [3.63, 3.8) is 0 Å². The Balaban J connectivity index is 0.00000256. The SMILES string of the molecule is COc1cccc(C(=O)NC2CCC(Nc3ccc(C#N)c(C(F)(F)F)c3)CC2)c1.S.S. The van der Waals surface area contributed by atoms with Crippen molar-refractivity contribution in [1.82, 2.24) is 5.32 Å². The number of nitrogens with one attached hydrogen (secondary N) is 2. The Bertz CT molecular complexity index is 956. The van der Waals surface area contributed by atoms with Gasteiger partial charge in [0, 0.05) is 23.3 Å². The van der Waals surface area contributed by atoms with Crippen LogP contribution in [-0.4, -0.2) is 25.1 Å². The van der Waals surface area contributed by atoms with Gasteiger partial charge in [0.2, 0.25) is 0 Å². The second-order valence-electron chi connectivity index (χ2n) is 7.27. The predicted molar refractivity (Wildman–Crippen MR) is 127 cm³/mol. The van der Waals surface area contributed by atoms with Gasteiger partial charge in [0.1, 0.15) is 5.75 Å². The van der Waals surface area contributed by atoms with E-state index >= 15 is 0 Å². The van der Waals surface area contributed by atoms with Crippen molar-refractivity contribution in [3.8, 4) is 11.8 Å². The van der Waals surface area contributed by atoms with Crippen LogP contribution in [0.5, 0.6) is 5.75 Å². The summed E-state index contributed by atoms with van der Waals surface area (Å²) in [5.41, 5.74) is -0.469. The molecule has 2 N–H and O–H groups in total. The van der Waals surface area contributed by atoms with Gasteiger partial charge in [0.05, 0.1) is 24.3 Å². The molecular formula is C22H26F3N3O2S2. The van der Waals surface area contributed by atoms with Crippen LogP contribution in [0.25, 0.3) is 0 Å². The van der Waals surface area contributed by atoms with E-state index in [1.807, 2.05) is 0 Å². The fraction of sp³-hybridized carbons (Fsp3) is 0.364. The number of alkyl halides is 3. The lowest BCUT2D eigenvalue weighted by Gasteiger charge is -2.30. The minimum Gasteiger partial charge on any atom is -0.497 e. The standard InChI is InChI=1S/C22H22F3N3O2.2H2S/c1-30-19-4-2-3-14(11-19)21(29)28-17-9-7-16(8-10-17)27-18-6-5-15(13-26)20(12-18)22(23,24)25;;/h2-6,11-12,16-17,27H,7-10H2,1H3,(H,28,29);2*1H2. The van der Waals surface area contributed by atoms with E-state index in [-0.39, 0.29) is 45.0 Å². The maximum absolute atomic E-state index is 13.1. The predicted octanol–water partition coefficient (Wildman–Crippen LogP) is 4.96. The molecule has 1 aliphatic rings. The van der Waals surface area contributed by atoms with Crippen molar-refractivity contribution < 1.29 is 22.7 Å². The second-order valence-corrected chi connectivity index (χ2v) is 7.27. The van der Waals surface area contributed by atoms with Gasteiger partial charge in [-0.25, -0.2) is 0 Å². The molecule has 0 bridgehead atoms. The summed E-state index contributed by atoms with van der Waals surface area (Å²) in [6, 6.07) is 12.2. The molecule has 1 amide bonds. The number of carbonyl (C=O) groups excluding carboxylic acids is 1. The number of carbonyl (C=O) groups is 1. The second kappa shape index (κ2) is 11.9. The van der Waals surface area contributed by atoms with E-state index in [2.05, 4.69) is 10.6 Å².